The number of para-hydroxylation sites is 1. The third-order valence-corrected chi connectivity index (χ3v) is 4.82. The second kappa shape index (κ2) is 9.21. The van der Waals surface area contributed by atoms with Crippen LogP contribution in [0.2, 0.25) is 0 Å². The van der Waals surface area contributed by atoms with Crippen LogP contribution in [-0.2, 0) is 11.4 Å². The molecule has 27 heavy (non-hydrogen) atoms. The number of carbonyl (C=O) groups is 2. The van der Waals surface area contributed by atoms with E-state index in [1.807, 2.05) is 61.5 Å². The van der Waals surface area contributed by atoms with Crippen LogP contribution in [0.25, 0.3) is 0 Å². The van der Waals surface area contributed by atoms with E-state index in [0.29, 0.717) is 31.8 Å². The molecule has 5 heteroatoms. The Bertz CT molecular complexity index is 776. The van der Waals surface area contributed by atoms with Gasteiger partial charge in [-0.2, -0.15) is 0 Å². The maximum absolute atomic E-state index is 13.1. The molecule has 1 aliphatic heterocycles. The number of rotatable bonds is 6. The molecule has 2 aromatic rings. The highest BCUT2D eigenvalue weighted by atomic mass is 16.5. The van der Waals surface area contributed by atoms with Crippen LogP contribution in [0.15, 0.2) is 54.6 Å². The highest BCUT2D eigenvalue weighted by Crippen LogP contribution is 2.21. The Labute approximate surface area is 160 Å². The van der Waals surface area contributed by atoms with E-state index < -0.39 is 0 Å². The number of benzene rings is 2. The summed E-state index contributed by atoms with van der Waals surface area (Å²) in [4.78, 5) is 27.1. The minimum absolute atomic E-state index is 0.0312. The summed E-state index contributed by atoms with van der Waals surface area (Å²) in [6.45, 7) is 4.01. The Morgan fingerprint density at radius 3 is 2.63 bits per heavy atom. The van der Waals surface area contributed by atoms with Gasteiger partial charge in [-0.1, -0.05) is 36.4 Å². The quantitative estimate of drug-likeness (QED) is 0.854. The molecule has 5 nitrogen and oxygen atoms in total. The third kappa shape index (κ3) is 4.88. The summed E-state index contributed by atoms with van der Waals surface area (Å²) in [5, 5.41) is 2.87. The smallest absolute Gasteiger partial charge is 0.254 e. The first-order valence-corrected chi connectivity index (χ1v) is 9.51. The van der Waals surface area contributed by atoms with Gasteiger partial charge in [-0.3, -0.25) is 9.59 Å². The van der Waals surface area contributed by atoms with Crippen molar-refractivity contribution in [1.29, 1.82) is 0 Å². The maximum atomic E-state index is 13.1. The average molecular weight is 366 g/mol. The molecule has 0 saturated carbocycles. The van der Waals surface area contributed by atoms with Crippen LogP contribution in [-0.4, -0.2) is 36.3 Å². The molecular formula is C22H26N2O3. The lowest BCUT2D eigenvalue weighted by Crippen LogP contribution is -2.45. The van der Waals surface area contributed by atoms with Crippen LogP contribution in [0.3, 0.4) is 0 Å². The van der Waals surface area contributed by atoms with E-state index in [4.69, 9.17) is 4.74 Å². The second-order valence-corrected chi connectivity index (χ2v) is 6.74. The van der Waals surface area contributed by atoms with Gasteiger partial charge in [-0.25, -0.2) is 0 Å². The molecule has 0 aromatic heterocycles. The molecule has 1 saturated heterocycles. The molecule has 1 fully saturated rings. The lowest BCUT2D eigenvalue weighted by Gasteiger charge is -2.32. The van der Waals surface area contributed by atoms with Crippen molar-refractivity contribution in [3.8, 4) is 5.75 Å². The van der Waals surface area contributed by atoms with Gasteiger partial charge in [0.05, 0.1) is 5.92 Å². The fourth-order valence-corrected chi connectivity index (χ4v) is 3.40. The predicted molar refractivity (Wildman–Crippen MR) is 105 cm³/mol. The van der Waals surface area contributed by atoms with Crippen LogP contribution >= 0.6 is 0 Å². The molecule has 2 amide bonds. The van der Waals surface area contributed by atoms with Gasteiger partial charge in [0.2, 0.25) is 5.91 Å². The highest BCUT2D eigenvalue weighted by molar-refractivity contribution is 5.96. The summed E-state index contributed by atoms with van der Waals surface area (Å²) in [5.41, 5.74) is 1.50. The maximum Gasteiger partial charge on any atom is 0.254 e. The van der Waals surface area contributed by atoms with Gasteiger partial charge in [-0.05, 0) is 38.0 Å². The Balaban J connectivity index is 1.70. The van der Waals surface area contributed by atoms with Crippen molar-refractivity contribution in [3.05, 3.63) is 65.7 Å². The minimum atomic E-state index is -0.129. The SMILES string of the molecule is CCNC(=O)C1CCCN(C(=O)c2ccccc2COc2ccccc2)C1. The number of piperidine rings is 1. The normalized spacial score (nSPS) is 16.6. The average Bonchev–Trinajstić information content (AvgIpc) is 2.73. The predicted octanol–water partition coefficient (Wildman–Crippen LogP) is 3.25. The van der Waals surface area contributed by atoms with E-state index in [-0.39, 0.29) is 17.7 Å². The number of hydrogen-bond donors (Lipinski definition) is 1. The van der Waals surface area contributed by atoms with Gasteiger partial charge in [0, 0.05) is 30.8 Å². The standard InChI is InChI=1S/C22H26N2O3/c1-2-23-21(25)17-10-8-14-24(15-17)22(26)20-13-7-6-9-18(20)16-27-19-11-4-3-5-12-19/h3-7,9,11-13,17H,2,8,10,14-16H2,1H3,(H,23,25). The van der Waals surface area contributed by atoms with Gasteiger partial charge >= 0.3 is 0 Å². The van der Waals surface area contributed by atoms with Gasteiger partial charge < -0.3 is 15.0 Å². The number of nitrogens with zero attached hydrogens (tertiary/aromatic N) is 1. The van der Waals surface area contributed by atoms with Crippen molar-refractivity contribution in [2.45, 2.75) is 26.4 Å². The molecule has 1 aliphatic rings. The van der Waals surface area contributed by atoms with E-state index in [2.05, 4.69) is 5.32 Å². The van der Waals surface area contributed by atoms with Gasteiger partial charge in [0.25, 0.3) is 5.91 Å². The van der Waals surface area contributed by atoms with Crippen molar-refractivity contribution in [1.82, 2.24) is 10.2 Å². The topological polar surface area (TPSA) is 58.6 Å². The third-order valence-electron chi connectivity index (χ3n) is 4.82. The Kier molecular flexibility index (Phi) is 6.47. The summed E-state index contributed by atoms with van der Waals surface area (Å²) in [7, 11) is 0. The van der Waals surface area contributed by atoms with Crippen LogP contribution < -0.4 is 10.1 Å². The van der Waals surface area contributed by atoms with E-state index in [9.17, 15) is 9.59 Å². The van der Waals surface area contributed by atoms with Crippen LogP contribution in [0.1, 0.15) is 35.7 Å². The van der Waals surface area contributed by atoms with E-state index in [1.165, 1.54) is 0 Å². The van der Waals surface area contributed by atoms with Crippen LogP contribution in [0, 0.1) is 5.92 Å². The summed E-state index contributed by atoms with van der Waals surface area (Å²) in [5.74, 6) is 0.649. The Hall–Kier alpha value is -2.82. The van der Waals surface area contributed by atoms with Crippen molar-refractivity contribution in [2.24, 2.45) is 5.92 Å². The zero-order valence-electron chi connectivity index (χ0n) is 15.7. The van der Waals surface area contributed by atoms with Gasteiger partial charge in [0.1, 0.15) is 12.4 Å². The largest absolute Gasteiger partial charge is 0.489 e. The Morgan fingerprint density at radius 1 is 1.11 bits per heavy atom. The lowest BCUT2D eigenvalue weighted by molar-refractivity contribution is -0.126. The second-order valence-electron chi connectivity index (χ2n) is 6.74. The van der Waals surface area contributed by atoms with Crippen LogP contribution in [0.5, 0.6) is 5.75 Å². The van der Waals surface area contributed by atoms with Crippen molar-refractivity contribution in [2.75, 3.05) is 19.6 Å². The number of amides is 2. The number of ether oxygens (including phenoxy) is 1. The molecule has 1 atom stereocenters. The summed E-state index contributed by atoms with van der Waals surface area (Å²) in [6.07, 6.45) is 1.67. The summed E-state index contributed by atoms with van der Waals surface area (Å²) in [6, 6.07) is 17.1. The van der Waals surface area contributed by atoms with Crippen molar-refractivity contribution in [3.63, 3.8) is 0 Å². The monoisotopic (exact) mass is 366 g/mol. The van der Waals surface area contributed by atoms with E-state index in [0.717, 1.165) is 24.2 Å². The Morgan fingerprint density at radius 2 is 1.85 bits per heavy atom. The lowest BCUT2D eigenvalue weighted by atomic mass is 9.96. The number of nitrogens with one attached hydrogen (secondary N) is 1. The first-order valence-electron chi connectivity index (χ1n) is 9.51. The van der Waals surface area contributed by atoms with Crippen molar-refractivity contribution >= 4 is 11.8 Å². The molecule has 0 aliphatic carbocycles. The zero-order valence-corrected chi connectivity index (χ0v) is 15.7. The molecule has 1 unspecified atom stereocenters. The van der Waals surface area contributed by atoms with E-state index >= 15 is 0 Å². The summed E-state index contributed by atoms with van der Waals surface area (Å²) < 4.78 is 5.83. The molecule has 1 heterocycles. The molecule has 1 N–H and O–H groups in total. The zero-order chi connectivity index (χ0) is 19.1. The van der Waals surface area contributed by atoms with E-state index in [1.54, 1.807) is 4.90 Å². The fourth-order valence-electron chi connectivity index (χ4n) is 3.40. The van der Waals surface area contributed by atoms with Gasteiger partial charge in [0.15, 0.2) is 0 Å². The first-order chi connectivity index (χ1) is 13.2. The fraction of sp³-hybridized carbons (Fsp3) is 0.364. The minimum Gasteiger partial charge on any atom is -0.489 e. The van der Waals surface area contributed by atoms with Gasteiger partial charge in [-0.15, -0.1) is 0 Å². The molecular weight excluding hydrogens is 340 g/mol. The molecule has 0 bridgehead atoms. The van der Waals surface area contributed by atoms with Crippen LogP contribution in [0.4, 0.5) is 0 Å². The molecule has 0 spiro atoms. The summed E-state index contributed by atoms with van der Waals surface area (Å²) >= 11 is 0. The number of carbonyl (C=O) groups excluding carboxylic acids is 2. The first kappa shape index (κ1) is 19.0. The number of likely N-dealkylation sites (tertiary alicyclic amines) is 1. The molecule has 3 rings (SSSR count). The molecule has 0 radical (unpaired) electrons. The van der Waals surface area contributed by atoms with Crippen molar-refractivity contribution < 1.29 is 14.3 Å². The molecule has 2 aromatic carbocycles. The number of hydrogen-bond acceptors (Lipinski definition) is 3. The highest BCUT2D eigenvalue weighted by Gasteiger charge is 2.29. The molecule has 142 valence electrons.